The zero-order valence-electron chi connectivity index (χ0n) is 15.5. The number of alkyl halides is 3. The van der Waals surface area contributed by atoms with Crippen molar-refractivity contribution < 1.29 is 27.5 Å². The second-order valence-corrected chi connectivity index (χ2v) is 6.47. The Morgan fingerprint density at radius 1 is 1.00 bits per heavy atom. The minimum Gasteiger partial charge on any atom is -0.378 e. The molecule has 0 radical (unpaired) electrons. The molecule has 3 rings (SSSR count). The molecule has 6 nitrogen and oxygen atoms in total. The van der Waals surface area contributed by atoms with Crippen LogP contribution in [0, 0.1) is 0 Å². The normalized spacial score (nSPS) is 14.4. The number of morpholine rings is 1. The lowest BCUT2D eigenvalue weighted by molar-refractivity contribution is -0.137. The van der Waals surface area contributed by atoms with Crippen LogP contribution in [-0.2, 0) is 15.7 Å². The van der Waals surface area contributed by atoms with Crippen LogP contribution in [0.25, 0.3) is 0 Å². The van der Waals surface area contributed by atoms with Gasteiger partial charge < -0.3 is 20.3 Å². The molecule has 0 atom stereocenters. The number of ether oxygens (including phenoxy) is 1. The van der Waals surface area contributed by atoms with E-state index in [2.05, 4.69) is 10.6 Å². The van der Waals surface area contributed by atoms with Crippen LogP contribution in [0.3, 0.4) is 0 Å². The number of hydrogen-bond acceptors (Lipinski definition) is 4. The highest BCUT2D eigenvalue weighted by Crippen LogP contribution is 2.30. The molecule has 0 saturated carbocycles. The second kappa shape index (κ2) is 8.95. The molecule has 9 heteroatoms. The highest BCUT2D eigenvalue weighted by atomic mass is 19.4. The van der Waals surface area contributed by atoms with Crippen LogP contribution in [0.2, 0.25) is 0 Å². The van der Waals surface area contributed by atoms with Crippen molar-refractivity contribution in [1.82, 2.24) is 4.90 Å². The summed E-state index contributed by atoms with van der Waals surface area (Å²) in [6.45, 7) is 1.88. The van der Waals surface area contributed by atoms with Gasteiger partial charge in [-0.05, 0) is 36.4 Å². The van der Waals surface area contributed by atoms with E-state index in [4.69, 9.17) is 4.74 Å². The van der Waals surface area contributed by atoms with E-state index in [1.54, 1.807) is 29.2 Å². The molecule has 0 aliphatic carbocycles. The fourth-order valence-corrected chi connectivity index (χ4v) is 2.87. The average molecular weight is 407 g/mol. The smallest absolute Gasteiger partial charge is 0.378 e. The van der Waals surface area contributed by atoms with Crippen molar-refractivity contribution in [3.63, 3.8) is 0 Å². The number of hydrogen-bond donors (Lipinski definition) is 2. The summed E-state index contributed by atoms with van der Waals surface area (Å²) in [5.41, 5.74) is 0.263. The number of rotatable bonds is 5. The summed E-state index contributed by atoms with van der Waals surface area (Å²) in [6, 6.07) is 11.1. The van der Waals surface area contributed by atoms with Crippen LogP contribution < -0.4 is 10.6 Å². The van der Waals surface area contributed by atoms with Gasteiger partial charge in [0.1, 0.15) is 0 Å². The largest absolute Gasteiger partial charge is 0.416 e. The average Bonchev–Trinajstić information content (AvgIpc) is 2.72. The van der Waals surface area contributed by atoms with Gasteiger partial charge in [-0.2, -0.15) is 13.2 Å². The first-order valence-corrected chi connectivity index (χ1v) is 9.01. The fraction of sp³-hybridized carbons (Fsp3) is 0.300. The van der Waals surface area contributed by atoms with Gasteiger partial charge in [0.05, 0.1) is 25.3 Å². The van der Waals surface area contributed by atoms with E-state index >= 15 is 0 Å². The van der Waals surface area contributed by atoms with Crippen molar-refractivity contribution >= 4 is 23.2 Å². The summed E-state index contributed by atoms with van der Waals surface area (Å²) >= 11 is 0. The molecule has 154 valence electrons. The third-order valence-electron chi connectivity index (χ3n) is 4.33. The number of nitrogens with zero attached hydrogens (tertiary/aromatic N) is 1. The molecule has 0 aromatic heterocycles. The third-order valence-corrected chi connectivity index (χ3v) is 4.33. The first-order valence-electron chi connectivity index (χ1n) is 9.01. The van der Waals surface area contributed by atoms with Crippen LogP contribution in [0.5, 0.6) is 0 Å². The van der Waals surface area contributed by atoms with Crippen LogP contribution in [-0.4, -0.2) is 49.6 Å². The molecule has 2 aromatic carbocycles. The van der Waals surface area contributed by atoms with Gasteiger partial charge in [-0.15, -0.1) is 0 Å². The van der Waals surface area contributed by atoms with Gasteiger partial charge in [-0.3, -0.25) is 9.59 Å². The maximum absolute atomic E-state index is 12.7. The van der Waals surface area contributed by atoms with Crippen molar-refractivity contribution in [3.8, 4) is 0 Å². The van der Waals surface area contributed by atoms with Crippen molar-refractivity contribution in [2.75, 3.05) is 43.5 Å². The lowest BCUT2D eigenvalue weighted by Crippen LogP contribution is -2.40. The van der Waals surface area contributed by atoms with Gasteiger partial charge in [-0.25, -0.2) is 0 Å². The Kier molecular flexibility index (Phi) is 6.38. The van der Waals surface area contributed by atoms with E-state index in [0.717, 1.165) is 12.1 Å². The van der Waals surface area contributed by atoms with Gasteiger partial charge in [-0.1, -0.05) is 12.1 Å². The Labute approximate surface area is 165 Å². The Hall–Kier alpha value is -3.07. The number of carbonyl (C=O) groups excluding carboxylic acids is 2. The summed E-state index contributed by atoms with van der Waals surface area (Å²) in [6.07, 6.45) is -4.48. The molecular weight excluding hydrogens is 387 g/mol. The van der Waals surface area contributed by atoms with Crippen LogP contribution in [0.1, 0.15) is 15.9 Å². The monoisotopic (exact) mass is 407 g/mol. The number of nitrogens with one attached hydrogen (secondary N) is 2. The number of anilines is 2. The predicted octanol–water partition coefficient (Wildman–Crippen LogP) is 3.23. The van der Waals surface area contributed by atoms with E-state index in [0.29, 0.717) is 37.6 Å². The molecule has 1 saturated heterocycles. The molecule has 0 bridgehead atoms. The van der Waals surface area contributed by atoms with Gasteiger partial charge in [0.15, 0.2) is 0 Å². The topological polar surface area (TPSA) is 70.7 Å². The first kappa shape index (κ1) is 20.7. The Bertz CT molecular complexity index is 881. The second-order valence-electron chi connectivity index (χ2n) is 6.47. The summed E-state index contributed by atoms with van der Waals surface area (Å²) in [4.78, 5) is 26.3. The van der Waals surface area contributed by atoms with E-state index < -0.39 is 17.6 Å². The van der Waals surface area contributed by atoms with Crippen molar-refractivity contribution in [2.24, 2.45) is 0 Å². The molecule has 1 heterocycles. The summed E-state index contributed by atoms with van der Waals surface area (Å²) in [5.74, 6) is -0.625. The van der Waals surface area contributed by atoms with Crippen LogP contribution in [0.4, 0.5) is 24.5 Å². The van der Waals surface area contributed by atoms with E-state index in [9.17, 15) is 22.8 Å². The Balaban J connectivity index is 1.57. The SMILES string of the molecule is O=C(CNc1cccc(C(=O)N2CCOCC2)c1)Nc1cccc(C(F)(F)F)c1. The molecule has 2 aromatic rings. The van der Waals surface area contributed by atoms with Crippen molar-refractivity contribution in [2.45, 2.75) is 6.18 Å². The molecule has 1 aliphatic rings. The minimum absolute atomic E-state index is 0.0582. The maximum atomic E-state index is 12.7. The molecule has 1 aliphatic heterocycles. The lowest BCUT2D eigenvalue weighted by atomic mass is 10.1. The summed E-state index contributed by atoms with van der Waals surface area (Å²) in [5, 5.41) is 5.30. The molecule has 0 spiro atoms. The minimum atomic E-state index is -4.48. The zero-order chi connectivity index (χ0) is 20.9. The molecule has 0 unspecified atom stereocenters. The summed E-state index contributed by atoms with van der Waals surface area (Å²) in [7, 11) is 0. The fourth-order valence-electron chi connectivity index (χ4n) is 2.87. The number of amides is 2. The maximum Gasteiger partial charge on any atom is 0.416 e. The highest BCUT2D eigenvalue weighted by Gasteiger charge is 2.30. The van der Waals surface area contributed by atoms with E-state index in [-0.39, 0.29) is 18.1 Å². The molecular formula is C20H20F3N3O3. The highest BCUT2D eigenvalue weighted by molar-refractivity contribution is 5.96. The zero-order valence-corrected chi connectivity index (χ0v) is 15.5. The molecule has 29 heavy (non-hydrogen) atoms. The first-order chi connectivity index (χ1) is 13.8. The van der Waals surface area contributed by atoms with Crippen molar-refractivity contribution in [1.29, 1.82) is 0 Å². The van der Waals surface area contributed by atoms with Crippen molar-refractivity contribution in [3.05, 3.63) is 59.7 Å². The number of carbonyl (C=O) groups is 2. The lowest BCUT2D eigenvalue weighted by Gasteiger charge is -2.27. The standard InChI is InChI=1S/C20H20F3N3O3/c21-20(22,23)15-4-2-6-17(12-15)25-18(27)13-24-16-5-1-3-14(11-16)19(28)26-7-9-29-10-8-26/h1-6,11-12,24H,7-10,13H2,(H,25,27). The van der Waals surface area contributed by atoms with Gasteiger partial charge >= 0.3 is 6.18 Å². The number of benzene rings is 2. The van der Waals surface area contributed by atoms with E-state index in [1.165, 1.54) is 12.1 Å². The van der Waals surface area contributed by atoms with Gasteiger partial charge in [0.25, 0.3) is 5.91 Å². The molecule has 2 N–H and O–H groups in total. The van der Waals surface area contributed by atoms with Crippen LogP contribution >= 0.6 is 0 Å². The molecule has 1 fully saturated rings. The van der Waals surface area contributed by atoms with Gasteiger partial charge in [0, 0.05) is 30.0 Å². The third kappa shape index (κ3) is 5.71. The quantitative estimate of drug-likeness (QED) is 0.799. The summed E-state index contributed by atoms with van der Waals surface area (Å²) < 4.78 is 43.5. The number of halogens is 3. The Morgan fingerprint density at radius 2 is 1.69 bits per heavy atom. The molecule has 2 amide bonds. The van der Waals surface area contributed by atoms with Gasteiger partial charge in [0.2, 0.25) is 5.91 Å². The van der Waals surface area contributed by atoms with E-state index in [1.807, 2.05) is 0 Å². The predicted molar refractivity (Wildman–Crippen MR) is 102 cm³/mol. The Morgan fingerprint density at radius 3 is 2.41 bits per heavy atom. The van der Waals surface area contributed by atoms with Crippen LogP contribution in [0.15, 0.2) is 48.5 Å².